The highest BCUT2D eigenvalue weighted by atomic mass is 35.5. The molecule has 0 bridgehead atoms. The van der Waals surface area contributed by atoms with Crippen molar-refractivity contribution in [2.24, 2.45) is 0 Å². The molecule has 1 saturated heterocycles. The summed E-state index contributed by atoms with van der Waals surface area (Å²) in [4.78, 5) is 16.2. The molecule has 0 radical (unpaired) electrons. The van der Waals surface area contributed by atoms with Crippen LogP contribution in [0.15, 0.2) is 18.3 Å². The van der Waals surface area contributed by atoms with E-state index in [4.69, 9.17) is 0 Å². The summed E-state index contributed by atoms with van der Waals surface area (Å²) in [6.45, 7) is 1.96. The normalized spacial score (nSPS) is 18.5. The van der Waals surface area contributed by atoms with Crippen molar-refractivity contribution in [1.82, 2.24) is 10.3 Å². The van der Waals surface area contributed by atoms with E-state index >= 15 is 0 Å². The zero-order valence-corrected chi connectivity index (χ0v) is 10.3. The lowest BCUT2D eigenvalue weighted by atomic mass is 10.2. The minimum atomic E-state index is -0.437. The number of nitrogens with one attached hydrogen (secondary N) is 1. The van der Waals surface area contributed by atoms with Gasteiger partial charge in [-0.3, -0.25) is 10.1 Å². The molecule has 1 N–H and O–H groups in total. The molecule has 1 aromatic heterocycles. The van der Waals surface area contributed by atoms with Gasteiger partial charge in [-0.25, -0.2) is 4.98 Å². The number of anilines is 1. The van der Waals surface area contributed by atoms with Gasteiger partial charge < -0.3 is 10.2 Å². The fourth-order valence-corrected chi connectivity index (χ4v) is 1.85. The maximum Gasteiger partial charge on any atom is 0.287 e. The second-order valence-corrected chi connectivity index (χ2v) is 3.89. The third-order valence-corrected chi connectivity index (χ3v) is 2.89. The molecule has 1 aliphatic heterocycles. The molecule has 94 valence electrons. The third kappa shape index (κ3) is 3.04. The Kier molecular flexibility index (Phi) is 4.65. The minimum absolute atomic E-state index is 0. The molecule has 2 rings (SSSR count). The molecule has 6 nitrogen and oxygen atoms in total. The Morgan fingerprint density at radius 3 is 2.82 bits per heavy atom. The van der Waals surface area contributed by atoms with Crippen molar-refractivity contribution in [3.8, 4) is 0 Å². The Bertz CT molecular complexity index is 378. The largest absolute Gasteiger partial charge is 0.355 e. The second kappa shape index (κ2) is 5.79. The summed E-state index contributed by atoms with van der Waals surface area (Å²) < 4.78 is 0. The summed E-state index contributed by atoms with van der Waals surface area (Å²) in [6, 6.07) is 3.60. The first kappa shape index (κ1) is 13.7. The number of nitro groups is 1. The van der Waals surface area contributed by atoms with Crippen LogP contribution in [0.2, 0.25) is 0 Å². The lowest BCUT2D eigenvalue weighted by molar-refractivity contribution is -0.385. The van der Waals surface area contributed by atoms with Crippen molar-refractivity contribution < 1.29 is 4.92 Å². The van der Waals surface area contributed by atoms with Gasteiger partial charge in [0.25, 0.3) is 5.69 Å². The van der Waals surface area contributed by atoms with Crippen molar-refractivity contribution in [1.29, 1.82) is 0 Å². The highest BCUT2D eigenvalue weighted by Crippen LogP contribution is 2.18. The van der Waals surface area contributed by atoms with Crippen LogP contribution in [-0.4, -0.2) is 36.1 Å². The van der Waals surface area contributed by atoms with Crippen LogP contribution in [0.5, 0.6) is 0 Å². The Labute approximate surface area is 106 Å². The molecule has 0 unspecified atom stereocenters. The van der Waals surface area contributed by atoms with Crippen molar-refractivity contribution in [2.75, 3.05) is 25.0 Å². The van der Waals surface area contributed by atoms with Crippen molar-refractivity contribution >= 4 is 23.9 Å². The van der Waals surface area contributed by atoms with E-state index in [1.807, 2.05) is 7.05 Å². The molecular weight excluding hydrogens is 244 g/mol. The van der Waals surface area contributed by atoms with Crippen molar-refractivity contribution in [3.63, 3.8) is 0 Å². The fourth-order valence-electron chi connectivity index (χ4n) is 1.85. The van der Waals surface area contributed by atoms with Gasteiger partial charge in [0.2, 0.25) is 0 Å². The highest BCUT2D eigenvalue weighted by molar-refractivity contribution is 5.85. The topological polar surface area (TPSA) is 71.3 Å². The van der Waals surface area contributed by atoms with Gasteiger partial charge in [0.1, 0.15) is 12.0 Å². The number of aromatic nitrogens is 1. The van der Waals surface area contributed by atoms with Gasteiger partial charge in [0, 0.05) is 25.7 Å². The van der Waals surface area contributed by atoms with Crippen LogP contribution in [0.1, 0.15) is 6.42 Å². The Balaban J connectivity index is 0.00000144. The van der Waals surface area contributed by atoms with Gasteiger partial charge in [-0.05, 0) is 19.0 Å². The second-order valence-electron chi connectivity index (χ2n) is 3.89. The first-order valence-corrected chi connectivity index (χ1v) is 5.22. The van der Waals surface area contributed by atoms with E-state index < -0.39 is 4.92 Å². The van der Waals surface area contributed by atoms with E-state index in [9.17, 15) is 10.1 Å². The maximum absolute atomic E-state index is 10.5. The van der Waals surface area contributed by atoms with Gasteiger partial charge in [-0.2, -0.15) is 0 Å². The molecule has 1 fully saturated rings. The van der Waals surface area contributed by atoms with Gasteiger partial charge >= 0.3 is 0 Å². The Hall–Kier alpha value is -1.40. The lowest BCUT2D eigenvalue weighted by Crippen LogP contribution is -2.33. The molecule has 7 heteroatoms. The molecule has 1 aliphatic rings. The van der Waals surface area contributed by atoms with Crippen LogP contribution < -0.4 is 10.2 Å². The molecule has 0 saturated carbocycles. The van der Waals surface area contributed by atoms with Gasteiger partial charge in [0.05, 0.1) is 4.92 Å². The van der Waals surface area contributed by atoms with Crippen LogP contribution in [0.25, 0.3) is 0 Å². The number of nitrogens with zero attached hydrogens (tertiary/aromatic N) is 3. The maximum atomic E-state index is 10.5. The zero-order valence-electron chi connectivity index (χ0n) is 9.50. The number of halogens is 1. The lowest BCUT2D eigenvalue weighted by Gasteiger charge is -2.24. The summed E-state index contributed by atoms with van der Waals surface area (Å²) in [7, 11) is 1.96. The summed E-state index contributed by atoms with van der Waals surface area (Å²) in [5, 5.41) is 13.8. The zero-order chi connectivity index (χ0) is 11.5. The molecule has 0 amide bonds. The van der Waals surface area contributed by atoms with Gasteiger partial charge in [-0.1, -0.05) is 0 Å². The number of pyridine rings is 1. The Morgan fingerprint density at radius 2 is 2.35 bits per heavy atom. The van der Waals surface area contributed by atoms with Gasteiger partial charge in [-0.15, -0.1) is 12.4 Å². The Morgan fingerprint density at radius 1 is 1.59 bits per heavy atom. The van der Waals surface area contributed by atoms with E-state index in [0.717, 1.165) is 25.3 Å². The third-order valence-electron chi connectivity index (χ3n) is 2.89. The molecule has 2 heterocycles. The van der Waals surface area contributed by atoms with E-state index in [1.54, 1.807) is 6.07 Å². The van der Waals surface area contributed by atoms with Crippen molar-refractivity contribution in [2.45, 2.75) is 12.5 Å². The summed E-state index contributed by atoms with van der Waals surface area (Å²) >= 11 is 0. The average molecular weight is 259 g/mol. The molecule has 0 aliphatic carbocycles. The van der Waals surface area contributed by atoms with E-state index in [2.05, 4.69) is 15.2 Å². The molecule has 0 spiro atoms. The molecular formula is C10H15ClN4O2. The predicted molar refractivity (Wildman–Crippen MR) is 67.8 cm³/mol. The highest BCUT2D eigenvalue weighted by Gasteiger charge is 2.20. The van der Waals surface area contributed by atoms with Crippen LogP contribution in [0.3, 0.4) is 0 Å². The molecule has 1 atom stereocenters. The molecule has 1 aromatic rings. The number of hydrogen-bond acceptors (Lipinski definition) is 5. The van der Waals surface area contributed by atoms with E-state index in [0.29, 0.717) is 6.04 Å². The molecule has 0 aromatic carbocycles. The van der Waals surface area contributed by atoms with E-state index in [1.165, 1.54) is 12.3 Å². The average Bonchev–Trinajstić information content (AvgIpc) is 2.81. The summed E-state index contributed by atoms with van der Waals surface area (Å²) in [5.74, 6) is 0.777. The van der Waals surface area contributed by atoms with Crippen LogP contribution in [0, 0.1) is 10.1 Å². The standard InChI is InChI=1S/C10H14N4O2.ClH/c1-13(8-4-5-11-6-8)10-3-2-9(7-12-10)14(15)16;/h2-3,7-8,11H,4-6H2,1H3;1H/t8-;/m1./s1. The number of likely N-dealkylation sites (N-methyl/N-ethyl adjacent to an activating group) is 1. The summed E-state index contributed by atoms with van der Waals surface area (Å²) in [5.41, 5.74) is 0.0293. The van der Waals surface area contributed by atoms with Crippen molar-refractivity contribution in [3.05, 3.63) is 28.4 Å². The molecule has 17 heavy (non-hydrogen) atoms. The quantitative estimate of drug-likeness (QED) is 0.652. The summed E-state index contributed by atoms with van der Waals surface area (Å²) in [6.07, 6.45) is 2.38. The minimum Gasteiger partial charge on any atom is -0.355 e. The van der Waals surface area contributed by atoms with E-state index in [-0.39, 0.29) is 18.1 Å². The van der Waals surface area contributed by atoms with Crippen LogP contribution in [0.4, 0.5) is 11.5 Å². The SMILES string of the molecule is CN(c1ccc([N+](=O)[O-])cn1)[C@@H]1CCNC1.Cl. The van der Waals surface area contributed by atoms with Gasteiger partial charge in [0.15, 0.2) is 0 Å². The van der Waals surface area contributed by atoms with Crippen LogP contribution in [-0.2, 0) is 0 Å². The first-order valence-electron chi connectivity index (χ1n) is 5.22. The first-order chi connectivity index (χ1) is 7.68. The fraction of sp³-hybridized carbons (Fsp3) is 0.500. The van der Waals surface area contributed by atoms with Crippen LogP contribution >= 0.6 is 12.4 Å². The number of hydrogen-bond donors (Lipinski definition) is 1. The smallest absolute Gasteiger partial charge is 0.287 e. The predicted octanol–water partition coefficient (Wildman–Crippen LogP) is 1.21. The number of rotatable bonds is 3. The monoisotopic (exact) mass is 258 g/mol.